The zero-order chi connectivity index (χ0) is 34.4. The molecule has 1 fully saturated rings. The summed E-state index contributed by atoms with van der Waals surface area (Å²) in [7, 11) is -0.00172. The lowest BCUT2D eigenvalue weighted by Gasteiger charge is -2.26. The minimum atomic E-state index is -4.77. The van der Waals surface area contributed by atoms with Gasteiger partial charge in [-0.15, -0.1) is 0 Å². The Bertz CT molecular complexity index is 1650. The Morgan fingerprint density at radius 2 is 1.78 bits per heavy atom. The summed E-state index contributed by atoms with van der Waals surface area (Å²) in [6.07, 6.45) is -4.60. The third kappa shape index (κ3) is 7.83. The Kier molecular flexibility index (Phi) is 9.55. The molecule has 1 aliphatic heterocycles. The van der Waals surface area contributed by atoms with Crippen molar-refractivity contribution in [2.45, 2.75) is 77.9 Å². The van der Waals surface area contributed by atoms with Crippen LogP contribution in [0.4, 0.5) is 38.8 Å². The van der Waals surface area contributed by atoms with Crippen molar-refractivity contribution in [1.29, 1.82) is 0 Å². The summed E-state index contributed by atoms with van der Waals surface area (Å²) in [6, 6.07) is 2.62. The van der Waals surface area contributed by atoms with E-state index in [1.807, 2.05) is 0 Å². The molecule has 3 aromatic heterocycles. The van der Waals surface area contributed by atoms with Crippen molar-refractivity contribution in [1.82, 2.24) is 19.4 Å². The predicted molar refractivity (Wildman–Crippen MR) is 166 cm³/mol. The van der Waals surface area contributed by atoms with Crippen LogP contribution in [0.5, 0.6) is 0 Å². The standard InChI is InChI=1S/C30H38F4N6O5Si/c1-18-13-19(30(32,33)34)14-24(35-18)40-22(16-39(27(40)42)28(43)45-29(2,3)4)26(41)37(5)23-10-9-20-21(31)15-38(25(20)36-23)17-44-11-12-46(6,7)8/h9-10,13-15,22H,11-12,16-17H2,1-8H3. The van der Waals surface area contributed by atoms with E-state index in [0.717, 1.165) is 21.9 Å². The van der Waals surface area contributed by atoms with Crippen molar-refractivity contribution in [3.63, 3.8) is 0 Å². The maximum atomic E-state index is 14.7. The third-order valence-electron chi connectivity index (χ3n) is 7.08. The first kappa shape index (κ1) is 34.8. The molecule has 4 amide bonds. The molecule has 11 nitrogen and oxygen atoms in total. The highest BCUT2D eigenvalue weighted by Gasteiger charge is 2.49. The van der Waals surface area contributed by atoms with E-state index in [1.165, 1.54) is 36.9 Å². The van der Waals surface area contributed by atoms with Crippen LogP contribution in [0.1, 0.15) is 32.0 Å². The number of halogens is 4. The fourth-order valence-corrected chi connectivity index (χ4v) is 5.48. The number of anilines is 2. The van der Waals surface area contributed by atoms with E-state index < -0.39 is 67.7 Å². The number of hydrogen-bond donors (Lipinski definition) is 0. The van der Waals surface area contributed by atoms with Gasteiger partial charge in [0.25, 0.3) is 5.91 Å². The number of alkyl halides is 3. The lowest BCUT2D eigenvalue weighted by Crippen LogP contribution is -2.47. The maximum absolute atomic E-state index is 14.7. The molecule has 16 heteroatoms. The van der Waals surface area contributed by atoms with E-state index in [-0.39, 0.29) is 29.3 Å². The summed E-state index contributed by atoms with van der Waals surface area (Å²) >= 11 is 0. The Labute approximate surface area is 265 Å². The molecule has 1 atom stereocenters. The van der Waals surface area contributed by atoms with Crippen molar-refractivity contribution >= 4 is 48.8 Å². The number of nitrogens with zero attached hydrogens (tertiary/aromatic N) is 6. The number of aryl methyl sites for hydroxylation is 1. The molecular weight excluding hydrogens is 628 g/mol. The molecule has 3 aromatic rings. The van der Waals surface area contributed by atoms with Crippen LogP contribution in [-0.2, 0) is 27.2 Å². The fraction of sp³-hybridized carbons (Fsp3) is 0.500. The number of imide groups is 1. The Balaban J connectivity index is 1.69. The molecule has 1 unspecified atom stereocenters. The number of urea groups is 1. The van der Waals surface area contributed by atoms with E-state index in [4.69, 9.17) is 9.47 Å². The molecule has 0 spiro atoms. The van der Waals surface area contributed by atoms with Crippen LogP contribution in [0.25, 0.3) is 11.0 Å². The average Bonchev–Trinajstić information content (AvgIpc) is 3.44. The highest BCUT2D eigenvalue weighted by atomic mass is 28.3. The number of aromatic nitrogens is 3. The molecule has 1 saturated heterocycles. The molecule has 0 bridgehead atoms. The van der Waals surface area contributed by atoms with Crippen LogP contribution >= 0.6 is 0 Å². The van der Waals surface area contributed by atoms with E-state index in [0.29, 0.717) is 17.6 Å². The van der Waals surface area contributed by atoms with Crippen LogP contribution in [0.3, 0.4) is 0 Å². The van der Waals surface area contributed by atoms with Gasteiger partial charge in [0.1, 0.15) is 41.5 Å². The second-order valence-corrected chi connectivity index (χ2v) is 19.0. The first-order chi connectivity index (χ1) is 21.2. The largest absolute Gasteiger partial charge is 0.443 e. The SMILES string of the molecule is Cc1cc(C(F)(F)F)cc(N2C(=O)N(C(=O)OC(C)(C)C)CC2C(=O)N(C)c2ccc3c(F)cn(COCC[Si](C)(C)C)c3n2)n1. The van der Waals surface area contributed by atoms with E-state index in [9.17, 15) is 31.9 Å². The van der Waals surface area contributed by atoms with Gasteiger partial charge in [0, 0.05) is 33.6 Å². The molecule has 0 radical (unpaired) electrons. The molecular formula is C30H38F4N6O5Si. The number of carbonyl (C=O) groups is 3. The number of fused-ring (bicyclic) bond motifs is 1. The van der Waals surface area contributed by atoms with Crippen LogP contribution < -0.4 is 9.80 Å². The van der Waals surface area contributed by atoms with Crippen molar-refractivity contribution in [3.05, 3.63) is 47.5 Å². The molecule has 0 aromatic carbocycles. The molecule has 0 aliphatic carbocycles. The van der Waals surface area contributed by atoms with E-state index >= 15 is 0 Å². The minimum Gasteiger partial charge on any atom is -0.443 e. The topological polar surface area (TPSA) is 110 Å². The quantitative estimate of drug-likeness (QED) is 0.155. The zero-order valence-corrected chi connectivity index (χ0v) is 28.0. The van der Waals surface area contributed by atoms with E-state index in [2.05, 4.69) is 29.6 Å². The molecule has 4 heterocycles. The van der Waals surface area contributed by atoms with Gasteiger partial charge in [-0.3, -0.25) is 14.6 Å². The Hall–Kier alpha value is -4.05. The van der Waals surface area contributed by atoms with Gasteiger partial charge >= 0.3 is 18.3 Å². The number of pyridine rings is 2. The van der Waals surface area contributed by atoms with Gasteiger partial charge in [0.05, 0.1) is 17.5 Å². The summed E-state index contributed by atoms with van der Waals surface area (Å²) in [6.45, 7) is 12.6. The summed E-state index contributed by atoms with van der Waals surface area (Å²) < 4.78 is 68.4. The lowest BCUT2D eigenvalue weighted by molar-refractivity contribution is -0.137. The molecule has 4 rings (SSSR count). The zero-order valence-electron chi connectivity index (χ0n) is 27.0. The van der Waals surface area contributed by atoms with Crippen molar-refractivity contribution in [3.8, 4) is 0 Å². The normalized spacial score (nSPS) is 16.0. The highest BCUT2D eigenvalue weighted by Crippen LogP contribution is 2.34. The third-order valence-corrected chi connectivity index (χ3v) is 8.78. The Morgan fingerprint density at radius 1 is 1.11 bits per heavy atom. The average molecular weight is 667 g/mol. The van der Waals surface area contributed by atoms with Crippen molar-refractivity contribution in [2.24, 2.45) is 0 Å². The summed E-state index contributed by atoms with van der Waals surface area (Å²) in [5.41, 5.74) is -1.95. The predicted octanol–water partition coefficient (Wildman–Crippen LogP) is 6.42. The number of ether oxygens (including phenoxy) is 2. The number of hydrogen-bond acceptors (Lipinski definition) is 7. The molecule has 1 aliphatic rings. The Morgan fingerprint density at radius 3 is 2.39 bits per heavy atom. The second-order valence-electron chi connectivity index (χ2n) is 13.3. The van der Waals surface area contributed by atoms with Crippen LogP contribution in [0, 0.1) is 12.7 Å². The van der Waals surface area contributed by atoms with Gasteiger partial charge < -0.3 is 14.0 Å². The van der Waals surface area contributed by atoms with Crippen LogP contribution in [0.15, 0.2) is 30.5 Å². The molecule has 46 heavy (non-hydrogen) atoms. The first-order valence-electron chi connectivity index (χ1n) is 14.6. The van der Waals surface area contributed by atoms with Gasteiger partial charge in [-0.05, 0) is 58.0 Å². The monoisotopic (exact) mass is 666 g/mol. The fourth-order valence-electron chi connectivity index (χ4n) is 4.72. The number of amides is 4. The van der Waals surface area contributed by atoms with E-state index in [1.54, 1.807) is 20.8 Å². The highest BCUT2D eigenvalue weighted by molar-refractivity contribution is 6.76. The summed E-state index contributed by atoms with van der Waals surface area (Å²) in [4.78, 5) is 51.6. The maximum Gasteiger partial charge on any atom is 0.418 e. The van der Waals surface area contributed by atoms with Crippen molar-refractivity contribution < 1.29 is 41.4 Å². The first-order valence-corrected chi connectivity index (χ1v) is 18.3. The minimum absolute atomic E-state index is 0.0231. The van der Waals surface area contributed by atoms with Gasteiger partial charge in [-0.1, -0.05) is 19.6 Å². The molecule has 250 valence electrons. The smallest absolute Gasteiger partial charge is 0.418 e. The van der Waals surface area contributed by atoms with Gasteiger partial charge in [-0.25, -0.2) is 28.8 Å². The van der Waals surface area contributed by atoms with Crippen molar-refractivity contribution in [2.75, 3.05) is 30.0 Å². The number of rotatable bonds is 8. The van der Waals surface area contributed by atoms with Crippen LogP contribution in [-0.4, -0.2) is 77.4 Å². The molecule has 0 saturated carbocycles. The second kappa shape index (κ2) is 12.6. The van der Waals surface area contributed by atoms with Crippen LogP contribution in [0.2, 0.25) is 25.7 Å². The summed E-state index contributed by atoms with van der Waals surface area (Å²) in [5, 5.41) is 0.191. The van der Waals surface area contributed by atoms with Gasteiger partial charge in [-0.2, -0.15) is 13.2 Å². The summed E-state index contributed by atoms with van der Waals surface area (Å²) in [5.74, 6) is -1.73. The van der Waals surface area contributed by atoms with Gasteiger partial charge in [0.15, 0.2) is 0 Å². The van der Waals surface area contributed by atoms with Gasteiger partial charge in [0.2, 0.25) is 0 Å². The lowest BCUT2D eigenvalue weighted by atomic mass is 10.2. The molecule has 0 N–H and O–H groups in total. The number of likely N-dealkylation sites (N-methyl/N-ethyl adjacent to an activating group) is 1. The number of carbonyl (C=O) groups excluding carboxylic acids is 3.